The lowest BCUT2D eigenvalue weighted by molar-refractivity contribution is 0.0696. The zero-order chi connectivity index (χ0) is 30.6. The minimum atomic E-state index is -0.156. The summed E-state index contributed by atoms with van der Waals surface area (Å²) in [5.74, 6) is 0.368. The van der Waals surface area contributed by atoms with Crippen molar-refractivity contribution in [1.29, 1.82) is 0 Å². The predicted octanol–water partition coefficient (Wildman–Crippen LogP) is 8.15. The Morgan fingerprint density at radius 1 is 0.884 bits per heavy atom. The number of nitrogens with one attached hydrogen (secondary N) is 2. The fourth-order valence-corrected chi connectivity index (χ4v) is 5.81. The Morgan fingerprint density at radius 2 is 1.60 bits per heavy atom. The molecule has 2 N–H and O–H groups in total. The molecule has 0 saturated heterocycles. The minimum Gasteiger partial charge on any atom is -0.339 e. The summed E-state index contributed by atoms with van der Waals surface area (Å²) < 4.78 is 0. The van der Waals surface area contributed by atoms with Gasteiger partial charge >= 0.3 is 0 Å². The molecule has 2 amide bonds. The molecule has 0 atom stereocenters. The molecule has 3 aromatic carbocycles. The molecular formula is C36H41N5O2. The van der Waals surface area contributed by atoms with Crippen LogP contribution in [0.15, 0.2) is 79.0 Å². The quantitative estimate of drug-likeness (QED) is 0.232. The van der Waals surface area contributed by atoms with Crippen molar-refractivity contribution >= 4 is 29.1 Å². The molecule has 1 aromatic heterocycles. The maximum absolute atomic E-state index is 13.4. The van der Waals surface area contributed by atoms with Crippen LogP contribution in [-0.2, 0) is 5.41 Å². The fraction of sp³-hybridized carbons (Fsp3) is 0.333. The smallest absolute Gasteiger partial charge is 0.255 e. The molecule has 1 fully saturated rings. The molecule has 0 aliphatic heterocycles. The highest BCUT2D eigenvalue weighted by Gasteiger charge is 2.24. The van der Waals surface area contributed by atoms with E-state index in [4.69, 9.17) is 4.98 Å². The van der Waals surface area contributed by atoms with Crippen molar-refractivity contribution in [3.63, 3.8) is 0 Å². The van der Waals surface area contributed by atoms with Crippen LogP contribution in [0.3, 0.4) is 0 Å². The highest BCUT2D eigenvalue weighted by Crippen LogP contribution is 2.30. The summed E-state index contributed by atoms with van der Waals surface area (Å²) in [6.45, 7) is 8.30. The number of carbonyl (C=O) groups is 2. The number of amides is 2. The standard InChI is InChI=1S/C36H41N5O2/c1-24-28(15-11-17-31(24)39-33(42)29-14-9-10-16-30(29)36(2,3)4)32-22-23-37-35(40-32)38-26-20-18-25(19-21-26)34(43)41(5)27-12-7-6-8-13-27/h9-11,14-23,27H,6-8,12-13H2,1-5H3,(H,39,42)(H,37,38,40). The molecule has 1 heterocycles. The first kappa shape index (κ1) is 30.0. The molecule has 43 heavy (non-hydrogen) atoms. The largest absolute Gasteiger partial charge is 0.339 e. The molecule has 0 bridgehead atoms. The van der Waals surface area contributed by atoms with Gasteiger partial charge in [-0.3, -0.25) is 9.59 Å². The summed E-state index contributed by atoms with van der Waals surface area (Å²) in [5, 5.41) is 6.38. The van der Waals surface area contributed by atoms with Crippen LogP contribution in [0.4, 0.5) is 17.3 Å². The third kappa shape index (κ3) is 6.94. The molecule has 222 valence electrons. The molecule has 4 aromatic rings. The maximum atomic E-state index is 13.4. The fourth-order valence-electron chi connectivity index (χ4n) is 5.81. The van der Waals surface area contributed by atoms with Crippen LogP contribution >= 0.6 is 0 Å². The van der Waals surface area contributed by atoms with Crippen molar-refractivity contribution in [2.45, 2.75) is 71.3 Å². The van der Waals surface area contributed by atoms with Crippen molar-refractivity contribution < 1.29 is 9.59 Å². The summed E-state index contributed by atoms with van der Waals surface area (Å²) in [5.41, 5.74) is 6.27. The Kier molecular flexibility index (Phi) is 8.90. The summed E-state index contributed by atoms with van der Waals surface area (Å²) in [6, 6.07) is 23.2. The van der Waals surface area contributed by atoms with E-state index in [1.54, 1.807) is 6.20 Å². The van der Waals surface area contributed by atoms with E-state index in [0.29, 0.717) is 23.1 Å². The Bertz CT molecular complexity index is 1600. The van der Waals surface area contributed by atoms with Crippen molar-refractivity contribution in [2.75, 3.05) is 17.7 Å². The number of rotatable bonds is 7. The summed E-state index contributed by atoms with van der Waals surface area (Å²) in [6.07, 6.45) is 7.51. The summed E-state index contributed by atoms with van der Waals surface area (Å²) in [7, 11) is 1.91. The van der Waals surface area contributed by atoms with Crippen molar-refractivity contribution in [3.05, 3.63) is 101 Å². The number of carbonyl (C=O) groups excluding carboxylic acids is 2. The van der Waals surface area contributed by atoms with E-state index >= 15 is 0 Å². The second-order valence-electron chi connectivity index (χ2n) is 12.4. The Balaban J connectivity index is 1.30. The summed E-state index contributed by atoms with van der Waals surface area (Å²) >= 11 is 0. The van der Waals surface area contributed by atoms with Crippen LogP contribution in [0.2, 0.25) is 0 Å². The van der Waals surface area contributed by atoms with Crippen LogP contribution in [0, 0.1) is 6.92 Å². The molecule has 7 heteroatoms. The molecule has 5 rings (SSSR count). The first-order valence-electron chi connectivity index (χ1n) is 15.1. The van der Waals surface area contributed by atoms with Crippen molar-refractivity contribution in [1.82, 2.24) is 14.9 Å². The second-order valence-corrected chi connectivity index (χ2v) is 12.4. The number of aromatic nitrogens is 2. The van der Waals surface area contributed by atoms with Gasteiger partial charge in [0.25, 0.3) is 11.8 Å². The normalized spacial score (nSPS) is 13.8. The topological polar surface area (TPSA) is 87.2 Å². The lowest BCUT2D eigenvalue weighted by atomic mass is 9.83. The van der Waals surface area contributed by atoms with E-state index in [1.165, 1.54) is 19.3 Å². The third-order valence-electron chi connectivity index (χ3n) is 8.32. The van der Waals surface area contributed by atoms with Gasteiger partial charge in [-0.05, 0) is 78.8 Å². The molecule has 0 unspecified atom stereocenters. The molecule has 0 spiro atoms. The third-order valence-corrected chi connectivity index (χ3v) is 8.32. The molecule has 1 aliphatic rings. The van der Waals surface area contributed by atoms with Gasteiger partial charge in [-0.25, -0.2) is 9.97 Å². The molecule has 1 aliphatic carbocycles. The predicted molar refractivity (Wildman–Crippen MR) is 174 cm³/mol. The van der Waals surface area contributed by atoms with Crippen molar-refractivity contribution in [2.24, 2.45) is 0 Å². The number of nitrogens with zero attached hydrogens (tertiary/aromatic N) is 3. The SMILES string of the molecule is Cc1c(NC(=O)c2ccccc2C(C)(C)C)cccc1-c1ccnc(Nc2ccc(C(=O)N(C)C3CCCCC3)cc2)n1. The maximum Gasteiger partial charge on any atom is 0.255 e. The number of benzene rings is 3. The van der Waals surface area contributed by atoms with Gasteiger partial charge in [0.1, 0.15) is 0 Å². The zero-order valence-corrected chi connectivity index (χ0v) is 25.8. The van der Waals surface area contributed by atoms with E-state index < -0.39 is 0 Å². The van der Waals surface area contributed by atoms with Gasteiger partial charge in [0.2, 0.25) is 5.95 Å². The average molecular weight is 576 g/mol. The molecule has 1 saturated carbocycles. The molecular weight excluding hydrogens is 534 g/mol. The van der Waals surface area contributed by atoms with Crippen LogP contribution < -0.4 is 10.6 Å². The van der Waals surface area contributed by atoms with E-state index in [2.05, 4.69) is 36.4 Å². The Labute approximate surface area is 254 Å². The van der Waals surface area contributed by atoms with Gasteiger partial charge in [-0.2, -0.15) is 0 Å². The van der Waals surface area contributed by atoms with E-state index in [-0.39, 0.29) is 17.2 Å². The number of hydrogen-bond donors (Lipinski definition) is 2. The first-order chi connectivity index (χ1) is 20.6. The van der Waals surface area contributed by atoms with Crippen LogP contribution in [0.5, 0.6) is 0 Å². The van der Waals surface area contributed by atoms with Gasteiger partial charge in [0.05, 0.1) is 5.69 Å². The Hall–Kier alpha value is -4.52. The first-order valence-corrected chi connectivity index (χ1v) is 15.1. The summed E-state index contributed by atoms with van der Waals surface area (Å²) in [4.78, 5) is 37.5. The Morgan fingerprint density at radius 3 is 2.33 bits per heavy atom. The van der Waals surface area contributed by atoms with Crippen molar-refractivity contribution in [3.8, 4) is 11.3 Å². The number of hydrogen-bond acceptors (Lipinski definition) is 5. The highest BCUT2D eigenvalue weighted by atomic mass is 16.2. The monoisotopic (exact) mass is 575 g/mol. The van der Waals surface area contributed by atoms with Gasteiger partial charge in [0, 0.05) is 47.4 Å². The van der Waals surface area contributed by atoms with Crippen LogP contribution in [-0.4, -0.2) is 39.8 Å². The second kappa shape index (κ2) is 12.8. The highest BCUT2D eigenvalue weighted by molar-refractivity contribution is 6.06. The van der Waals surface area contributed by atoms with E-state index in [0.717, 1.165) is 46.6 Å². The number of anilines is 3. The van der Waals surface area contributed by atoms with Gasteiger partial charge in [-0.15, -0.1) is 0 Å². The lowest BCUT2D eigenvalue weighted by Gasteiger charge is -2.31. The van der Waals surface area contributed by atoms with Gasteiger partial charge in [-0.1, -0.05) is 70.4 Å². The minimum absolute atomic E-state index is 0.0565. The van der Waals surface area contributed by atoms with E-state index in [1.807, 2.05) is 91.7 Å². The van der Waals surface area contributed by atoms with E-state index in [9.17, 15) is 9.59 Å². The van der Waals surface area contributed by atoms with Gasteiger partial charge in [0.15, 0.2) is 0 Å². The van der Waals surface area contributed by atoms with Crippen LogP contribution in [0.1, 0.15) is 84.7 Å². The van der Waals surface area contributed by atoms with Crippen LogP contribution in [0.25, 0.3) is 11.3 Å². The zero-order valence-electron chi connectivity index (χ0n) is 25.8. The molecule has 7 nitrogen and oxygen atoms in total. The lowest BCUT2D eigenvalue weighted by Crippen LogP contribution is -2.38. The van der Waals surface area contributed by atoms with Gasteiger partial charge < -0.3 is 15.5 Å². The average Bonchev–Trinajstić information content (AvgIpc) is 3.02. The molecule has 0 radical (unpaired) electrons.